The molecular formula is C5H3IN2O4. The highest BCUT2D eigenvalue weighted by atomic mass is 127. The van der Waals surface area contributed by atoms with Gasteiger partial charge in [0, 0.05) is 8.09 Å². The zero-order chi connectivity index (χ0) is 9.14. The van der Waals surface area contributed by atoms with Crippen LogP contribution in [0.1, 0.15) is 0 Å². The van der Waals surface area contributed by atoms with Gasteiger partial charge in [-0.1, -0.05) is 20.7 Å². The van der Waals surface area contributed by atoms with E-state index in [1.165, 1.54) is 8.09 Å². The van der Waals surface area contributed by atoms with E-state index >= 15 is 0 Å². The molecule has 1 heterocycles. The lowest BCUT2D eigenvalue weighted by Crippen LogP contribution is -2.04. The van der Waals surface area contributed by atoms with E-state index in [2.05, 4.69) is 0 Å². The maximum Gasteiger partial charge on any atom is 0.281 e. The minimum Gasteiger partial charge on any atom is -0.258 e. The van der Waals surface area contributed by atoms with Gasteiger partial charge in [0.15, 0.2) is 0 Å². The molecule has 0 unspecified atom stereocenters. The van der Waals surface area contributed by atoms with Crippen molar-refractivity contribution in [2.75, 3.05) is 0 Å². The summed E-state index contributed by atoms with van der Waals surface area (Å²) < 4.78 is 2.87. The molecule has 12 heavy (non-hydrogen) atoms. The molecule has 1 aliphatic rings. The van der Waals surface area contributed by atoms with Gasteiger partial charge < -0.3 is 0 Å². The summed E-state index contributed by atoms with van der Waals surface area (Å²) >= 11 is -0.671. The van der Waals surface area contributed by atoms with Gasteiger partial charge >= 0.3 is 0 Å². The molecule has 7 heteroatoms. The molecule has 0 atom stereocenters. The standard InChI is InChI=1S/C5H3IN2O4/c9-7(10)4-1-5(8(11)12)3-6-2-4/h1-3H. The topological polar surface area (TPSA) is 86.3 Å². The van der Waals surface area contributed by atoms with E-state index in [1.54, 1.807) is 0 Å². The van der Waals surface area contributed by atoms with Gasteiger partial charge in [0.1, 0.15) is 0 Å². The lowest BCUT2D eigenvalue weighted by atomic mass is 10.4. The largest absolute Gasteiger partial charge is 0.281 e. The number of allylic oxidation sites excluding steroid dienone is 2. The molecule has 0 saturated heterocycles. The quantitative estimate of drug-likeness (QED) is 0.430. The van der Waals surface area contributed by atoms with Crippen molar-refractivity contribution in [2.24, 2.45) is 0 Å². The second kappa shape index (κ2) is 3.52. The van der Waals surface area contributed by atoms with Crippen molar-refractivity contribution in [2.45, 2.75) is 0 Å². The van der Waals surface area contributed by atoms with E-state index < -0.39 is 30.6 Å². The predicted molar refractivity (Wildman–Crippen MR) is 50.2 cm³/mol. The van der Waals surface area contributed by atoms with Crippen LogP contribution in [0.25, 0.3) is 0 Å². The van der Waals surface area contributed by atoms with Crippen LogP contribution in [0.2, 0.25) is 0 Å². The van der Waals surface area contributed by atoms with Gasteiger partial charge in [-0.2, -0.15) is 0 Å². The van der Waals surface area contributed by atoms with Gasteiger partial charge in [0.2, 0.25) is 0 Å². The van der Waals surface area contributed by atoms with Crippen LogP contribution in [0.4, 0.5) is 0 Å². The van der Waals surface area contributed by atoms with Crippen molar-refractivity contribution in [3.63, 3.8) is 0 Å². The molecule has 0 N–H and O–H groups in total. The van der Waals surface area contributed by atoms with Gasteiger partial charge in [0.25, 0.3) is 11.4 Å². The Hall–Kier alpha value is -1.12. The summed E-state index contributed by atoms with van der Waals surface area (Å²) in [6.45, 7) is 0. The van der Waals surface area contributed by atoms with Crippen molar-refractivity contribution in [3.8, 4) is 0 Å². The van der Waals surface area contributed by atoms with Crippen LogP contribution in [-0.4, -0.2) is 13.9 Å². The lowest BCUT2D eigenvalue weighted by molar-refractivity contribution is -0.428. The Balaban J connectivity index is 2.99. The fourth-order valence-corrected chi connectivity index (χ4v) is 2.29. The number of nitrogens with zero attached hydrogens (tertiary/aromatic N) is 2. The number of hydrogen-bond acceptors (Lipinski definition) is 4. The van der Waals surface area contributed by atoms with Gasteiger partial charge in [-0.3, -0.25) is 20.2 Å². The summed E-state index contributed by atoms with van der Waals surface area (Å²) in [4.78, 5) is 19.2. The first kappa shape index (κ1) is 8.97. The van der Waals surface area contributed by atoms with E-state index in [4.69, 9.17) is 0 Å². The Morgan fingerprint density at radius 2 is 1.75 bits per heavy atom. The van der Waals surface area contributed by atoms with Crippen molar-refractivity contribution < 1.29 is 9.85 Å². The predicted octanol–water partition coefficient (Wildman–Crippen LogP) is 1.05. The third-order valence-corrected chi connectivity index (χ3v) is 3.06. The van der Waals surface area contributed by atoms with Crippen molar-refractivity contribution >= 4 is 24.7 Å². The van der Waals surface area contributed by atoms with Crippen LogP contribution in [0.5, 0.6) is 0 Å². The van der Waals surface area contributed by atoms with E-state index in [-0.39, 0.29) is 11.4 Å². The first-order chi connectivity index (χ1) is 5.61. The molecule has 0 saturated carbocycles. The van der Waals surface area contributed by atoms with E-state index in [0.29, 0.717) is 0 Å². The summed E-state index contributed by atoms with van der Waals surface area (Å²) in [6, 6.07) is 0. The van der Waals surface area contributed by atoms with Crippen LogP contribution in [-0.2, 0) is 0 Å². The number of nitro groups is 2. The number of halogens is 1. The fourth-order valence-electron chi connectivity index (χ4n) is 0.560. The number of rotatable bonds is 2. The zero-order valence-electron chi connectivity index (χ0n) is 5.64. The smallest absolute Gasteiger partial charge is 0.258 e. The van der Waals surface area contributed by atoms with E-state index in [0.717, 1.165) is 6.08 Å². The Labute approximate surface area is 76.6 Å². The van der Waals surface area contributed by atoms with Crippen LogP contribution >= 0.6 is 20.7 Å². The highest BCUT2D eigenvalue weighted by Gasteiger charge is 2.17. The molecule has 0 amide bonds. The molecule has 0 aromatic rings. The maximum atomic E-state index is 10.2. The second-order valence-corrected chi connectivity index (χ2v) is 3.82. The summed E-state index contributed by atoms with van der Waals surface area (Å²) in [5, 5.41) is 20.4. The van der Waals surface area contributed by atoms with E-state index in [1.807, 2.05) is 0 Å². The molecule has 0 bridgehead atoms. The summed E-state index contributed by atoms with van der Waals surface area (Å²) in [5.41, 5.74) is -0.339. The van der Waals surface area contributed by atoms with Crippen LogP contribution in [0.15, 0.2) is 21.6 Å². The van der Waals surface area contributed by atoms with Gasteiger partial charge in [0.05, 0.1) is 15.9 Å². The molecule has 0 radical (unpaired) electrons. The average Bonchev–Trinajstić information content (AvgIpc) is 2.04. The lowest BCUT2D eigenvalue weighted by Gasteiger charge is -1.94. The minimum atomic E-state index is -0.671. The monoisotopic (exact) mass is 282 g/mol. The summed E-state index contributed by atoms with van der Waals surface area (Å²) in [7, 11) is 0. The first-order valence-corrected chi connectivity index (χ1v) is 5.26. The average molecular weight is 282 g/mol. The molecule has 64 valence electrons. The zero-order valence-corrected chi connectivity index (χ0v) is 7.79. The molecule has 1 rings (SSSR count). The Bertz CT molecular complexity index is 316. The molecule has 0 spiro atoms. The maximum absolute atomic E-state index is 10.2. The molecule has 1 aliphatic heterocycles. The third-order valence-electron chi connectivity index (χ3n) is 1.07. The summed E-state index contributed by atoms with van der Waals surface area (Å²) in [6.07, 6.45) is 0.975. The molecule has 6 nitrogen and oxygen atoms in total. The first-order valence-electron chi connectivity index (χ1n) is 2.77. The third kappa shape index (κ3) is 1.94. The van der Waals surface area contributed by atoms with Crippen molar-refractivity contribution in [1.82, 2.24) is 0 Å². The molecule has 0 aliphatic carbocycles. The van der Waals surface area contributed by atoms with Crippen molar-refractivity contribution in [1.29, 1.82) is 0 Å². The Morgan fingerprint density at radius 1 is 1.17 bits per heavy atom. The molecule has 0 fully saturated rings. The molecule has 0 aromatic heterocycles. The SMILES string of the molecule is O=[N+]([O-])C1=CI=CC([N+](=O)[O-])=C1. The normalized spacial score (nSPS) is 15.7. The van der Waals surface area contributed by atoms with E-state index in [9.17, 15) is 20.2 Å². The Kier molecular flexibility index (Phi) is 2.63. The highest BCUT2D eigenvalue weighted by molar-refractivity contribution is 14.2. The van der Waals surface area contributed by atoms with Gasteiger partial charge in [-0.15, -0.1) is 0 Å². The minimum absolute atomic E-state index is 0.169. The summed E-state index contributed by atoms with van der Waals surface area (Å²) in [5.74, 6) is 0. The van der Waals surface area contributed by atoms with Crippen LogP contribution in [0.3, 0.4) is 0 Å². The Morgan fingerprint density at radius 3 is 2.25 bits per heavy atom. The molecule has 0 aromatic carbocycles. The van der Waals surface area contributed by atoms with Gasteiger partial charge in [-0.25, -0.2) is 0 Å². The number of hydrogen-bond donors (Lipinski definition) is 0. The van der Waals surface area contributed by atoms with Crippen LogP contribution < -0.4 is 0 Å². The van der Waals surface area contributed by atoms with Crippen molar-refractivity contribution in [3.05, 3.63) is 41.8 Å². The molecular weight excluding hydrogens is 279 g/mol. The van der Waals surface area contributed by atoms with Gasteiger partial charge in [-0.05, 0) is 0 Å². The highest BCUT2D eigenvalue weighted by Crippen LogP contribution is 2.16. The van der Waals surface area contributed by atoms with Crippen LogP contribution in [0, 0.1) is 20.2 Å². The fraction of sp³-hybridized carbons (Fsp3) is 0. The second-order valence-electron chi connectivity index (χ2n) is 1.85.